The first-order chi connectivity index (χ1) is 11.8. The van der Waals surface area contributed by atoms with Crippen LogP contribution < -0.4 is 0 Å². The van der Waals surface area contributed by atoms with Crippen molar-refractivity contribution in [1.29, 1.82) is 0 Å². The third-order valence-corrected chi connectivity index (χ3v) is 4.99. The number of aromatic nitrogens is 5. The Morgan fingerprint density at radius 1 is 1.32 bits per heavy atom. The molecule has 1 amide bonds. The van der Waals surface area contributed by atoms with E-state index in [2.05, 4.69) is 35.5 Å². The number of aryl methyl sites for hydroxylation is 1. The second-order valence-corrected chi connectivity index (χ2v) is 8.26. The predicted molar refractivity (Wildman–Crippen MR) is 93.3 cm³/mol. The van der Waals surface area contributed by atoms with Crippen molar-refractivity contribution < 1.29 is 4.79 Å². The van der Waals surface area contributed by atoms with E-state index in [4.69, 9.17) is 5.10 Å². The summed E-state index contributed by atoms with van der Waals surface area (Å²) in [6.07, 6.45) is 4.44. The highest BCUT2D eigenvalue weighted by Crippen LogP contribution is 2.40. The first kappa shape index (κ1) is 16.3. The van der Waals surface area contributed by atoms with Gasteiger partial charge in [-0.05, 0) is 46.1 Å². The zero-order valence-corrected chi connectivity index (χ0v) is 15.5. The van der Waals surface area contributed by atoms with Crippen LogP contribution in [0, 0.1) is 0 Å². The van der Waals surface area contributed by atoms with Crippen molar-refractivity contribution in [2.75, 3.05) is 7.05 Å². The summed E-state index contributed by atoms with van der Waals surface area (Å²) in [5, 5.41) is 13.2. The van der Waals surface area contributed by atoms with Crippen LogP contribution in [0.2, 0.25) is 0 Å². The molecule has 0 bridgehead atoms. The topological polar surface area (TPSA) is 68.8 Å². The molecule has 0 aromatic carbocycles. The molecule has 2 aromatic heterocycles. The largest absolute Gasteiger partial charge is 0.333 e. The van der Waals surface area contributed by atoms with Gasteiger partial charge in [-0.1, -0.05) is 0 Å². The maximum absolute atomic E-state index is 13.1. The Morgan fingerprint density at radius 3 is 2.76 bits per heavy atom. The fraction of sp³-hybridized carbons (Fsp3) is 0.667. The molecular weight excluding hydrogens is 316 g/mol. The zero-order valence-electron chi connectivity index (χ0n) is 15.5. The fourth-order valence-electron chi connectivity index (χ4n) is 3.45. The maximum Gasteiger partial charge on any atom is 0.272 e. The third-order valence-electron chi connectivity index (χ3n) is 4.99. The first-order valence-corrected chi connectivity index (χ1v) is 9.11. The van der Waals surface area contributed by atoms with Crippen molar-refractivity contribution >= 4 is 5.91 Å². The lowest BCUT2D eigenvalue weighted by Gasteiger charge is -2.24. The summed E-state index contributed by atoms with van der Waals surface area (Å²) in [5.74, 6) is 2.42. The molecule has 25 heavy (non-hydrogen) atoms. The summed E-state index contributed by atoms with van der Waals surface area (Å²) in [4.78, 5) is 14.8. The van der Waals surface area contributed by atoms with Gasteiger partial charge < -0.3 is 9.47 Å². The number of hydrogen-bond acceptors (Lipinski definition) is 4. The highest BCUT2D eigenvalue weighted by molar-refractivity contribution is 5.92. The standard InChI is InChI=1S/C18H26N6O/c1-18(2,3)24-14(10-13(21-24)12-7-8-12)17(25)22(4)11-16-20-19-15-6-5-9-23(15)16/h10,12H,5-9,11H2,1-4H3. The van der Waals surface area contributed by atoms with Gasteiger partial charge in [-0.2, -0.15) is 5.10 Å². The van der Waals surface area contributed by atoms with Crippen LogP contribution in [0.4, 0.5) is 0 Å². The Bertz CT molecular complexity index is 808. The summed E-state index contributed by atoms with van der Waals surface area (Å²) in [7, 11) is 1.83. The molecule has 0 atom stereocenters. The second-order valence-electron chi connectivity index (χ2n) is 8.26. The van der Waals surface area contributed by atoms with Crippen molar-refractivity contribution in [1.82, 2.24) is 29.4 Å². The molecule has 2 aliphatic rings. The molecule has 134 valence electrons. The van der Waals surface area contributed by atoms with E-state index in [1.807, 2.05) is 17.8 Å². The van der Waals surface area contributed by atoms with Crippen LogP contribution in [-0.4, -0.2) is 42.4 Å². The molecule has 0 N–H and O–H groups in total. The molecular formula is C18H26N6O. The van der Waals surface area contributed by atoms with Crippen LogP contribution in [0.3, 0.4) is 0 Å². The third kappa shape index (κ3) is 2.96. The van der Waals surface area contributed by atoms with Gasteiger partial charge in [0.15, 0.2) is 5.82 Å². The summed E-state index contributed by atoms with van der Waals surface area (Å²) < 4.78 is 4.02. The number of carbonyl (C=O) groups is 1. The van der Waals surface area contributed by atoms with Gasteiger partial charge in [-0.25, -0.2) is 0 Å². The van der Waals surface area contributed by atoms with Crippen LogP contribution in [0.15, 0.2) is 6.07 Å². The monoisotopic (exact) mass is 342 g/mol. The van der Waals surface area contributed by atoms with Crippen LogP contribution in [0.5, 0.6) is 0 Å². The molecule has 0 radical (unpaired) electrons. The molecule has 1 aliphatic carbocycles. The Hall–Kier alpha value is -2.18. The molecule has 0 saturated heterocycles. The van der Waals surface area contributed by atoms with E-state index in [0.717, 1.165) is 36.7 Å². The smallest absolute Gasteiger partial charge is 0.272 e. The average Bonchev–Trinajstić information content (AvgIpc) is 2.98. The van der Waals surface area contributed by atoms with Crippen LogP contribution in [0.1, 0.15) is 73.8 Å². The number of nitrogens with zero attached hydrogens (tertiary/aromatic N) is 6. The van der Waals surface area contributed by atoms with E-state index < -0.39 is 0 Å². The van der Waals surface area contributed by atoms with E-state index in [0.29, 0.717) is 18.2 Å². The lowest BCUT2D eigenvalue weighted by atomic mass is 10.1. The van der Waals surface area contributed by atoms with E-state index in [1.165, 1.54) is 12.8 Å². The van der Waals surface area contributed by atoms with Crippen molar-refractivity contribution in [3.63, 3.8) is 0 Å². The van der Waals surface area contributed by atoms with E-state index in [1.54, 1.807) is 4.90 Å². The second kappa shape index (κ2) is 5.68. The van der Waals surface area contributed by atoms with E-state index in [-0.39, 0.29) is 11.4 Å². The lowest BCUT2D eigenvalue weighted by Crippen LogP contribution is -2.34. The van der Waals surface area contributed by atoms with Crippen molar-refractivity contribution in [3.8, 4) is 0 Å². The van der Waals surface area contributed by atoms with Crippen molar-refractivity contribution in [2.24, 2.45) is 0 Å². The highest BCUT2D eigenvalue weighted by atomic mass is 16.2. The minimum Gasteiger partial charge on any atom is -0.333 e. The number of hydrogen-bond donors (Lipinski definition) is 0. The Kier molecular flexibility index (Phi) is 3.70. The van der Waals surface area contributed by atoms with Gasteiger partial charge in [0.25, 0.3) is 5.91 Å². The molecule has 1 fully saturated rings. The molecule has 7 nitrogen and oxygen atoms in total. The van der Waals surface area contributed by atoms with Crippen molar-refractivity contribution in [2.45, 2.75) is 71.0 Å². The van der Waals surface area contributed by atoms with Crippen LogP contribution in [0.25, 0.3) is 0 Å². The Labute approximate surface area is 148 Å². The van der Waals surface area contributed by atoms with E-state index in [9.17, 15) is 4.79 Å². The number of amides is 1. The minimum absolute atomic E-state index is 0.00956. The normalized spacial score (nSPS) is 17.0. The number of fused-ring (bicyclic) bond motifs is 1. The molecule has 7 heteroatoms. The maximum atomic E-state index is 13.1. The van der Waals surface area contributed by atoms with Gasteiger partial charge in [0.2, 0.25) is 0 Å². The molecule has 0 spiro atoms. The SMILES string of the molecule is CN(Cc1nnc2n1CCC2)C(=O)c1cc(C2CC2)nn1C(C)(C)C. The summed E-state index contributed by atoms with van der Waals surface area (Å²) in [6.45, 7) is 7.67. The number of rotatable bonds is 4. The summed E-state index contributed by atoms with van der Waals surface area (Å²) in [6, 6.07) is 1.98. The number of carbonyl (C=O) groups excluding carboxylic acids is 1. The quantitative estimate of drug-likeness (QED) is 0.855. The van der Waals surface area contributed by atoms with Gasteiger partial charge in [0.05, 0.1) is 17.8 Å². The van der Waals surface area contributed by atoms with Gasteiger partial charge in [0.1, 0.15) is 11.5 Å². The van der Waals surface area contributed by atoms with Crippen molar-refractivity contribution in [3.05, 3.63) is 29.1 Å². The summed E-state index contributed by atoms with van der Waals surface area (Å²) >= 11 is 0. The van der Waals surface area contributed by atoms with Gasteiger partial charge >= 0.3 is 0 Å². The molecule has 0 unspecified atom stereocenters. The van der Waals surface area contributed by atoms with Gasteiger partial charge in [-0.3, -0.25) is 9.48 Å². The Morgan fingerprint density at radius 2 is 2.08 bits per heavy atom. The summed E-state index contributed by atoms with van der Waals surface area (Å²) in [5.41, 5.74) is 1.49. The highest BCUT2D eigenvalue weighted by Gasteiger charge is 2.32. The van der Waals surface area contributed by atoms with Gasteiger partial charge in [-0.15, -0.1) is 10.2 Å². The predicted octanol–water partition coefficient (Wildman–Crippen LogP) is 2.33. The lowest BCUT2D eigenvalue weighted by molar-refractivity contribution is 0.0759. The van der Waals surface area contributed by atoms with E-state index >= 15 is 0 Å². The molecule has 3 heterocycles. The van der Waals surface area contributed by atoms with Gasteiger partial charge in [0, 0.05) is 25.9 Å². The van der Waals surface area contributed by atoms with Crippen LogP contribution >= 0.6 is 0 Å². The van der Waals surface area contributed by atoms with Crippen LogP contribution in [-0.2, 0) is 25.0 Å². The molecule has 1 saturated carbocycles. The molecule has 2 aromatic rings. The minimum atomic E-state index is -0.227. The molecule has 4 rings (SSSR count). The molecule has 1 aliphatic heterocycles. The zero-order chi connectivity index (χ0) is 17.8. The first-order valence-electron chi connectivity index (χ1n) is 9.11. The Balaban J connectivity index is 1.59. The fourth-order valence-corrected chi connectivity index (χ4v) is 3.45. The average molecular weight is 342 g/mol.